The van der Waals surface area contributed by atoms with E-state index in [4.69, 9.17) is 20.9 Å². The van der Waals surface area contributed by atoms with Gasteiger partial charge in [-0.05, 0) is 36.2 Å². The van der Waals surface area contributed by atoms with E-state index in [1.54, 1.807) is 0 Å². The molecule has 2 aromatic rings. The lowest BCUT2D eigenvalue weighted by atomic mass is 9.80. The fraction of sp³-hybridized carbons (Fsp3) is 0.125. The molecule has 2 rings (SSSR count). The molecule has 0 fully saturated rings. The average molecular weight is 364 g/mol. The fourth-order valence-electron chi connectivity index (χ4n) is 2.22. The summed E-state index contributed by atoms with van der Waals surface area (Å²) in [5, 5.41) is 28.9. The molecule has 0 aliphatic heterocycles. The Morgan fingerprint density at radius 3 is 2.35 bits per heavy atom. The van der Waals surface area contributed by atoms with Crippen molar-refractivity contribution in [2.45, 2.75) is 12.5 Å². The number of halogens is 2. The number of carboxylic acids is 1. The molecule has 0 aliphatic rings. The first-order chi connectivity index (χ1) is 12.2. The van der Waals surface area contributed by atoms with Crippen molar-refractivity contribution in [1.82, 2.24) is 0 Å². The van der Waals surface area contributed by atoms with Gasteiger partial charge in [-0.1, -0.05) is 12.1 Å². The Kier molecular flexibility index (Phi) is 6.03. The highest BCUT2D eigenvalue weighted by Crippen LogP contribution is 2.15. The number of anilines is 1. The third-order valence-corrected chi connectivity index (χ3v) is 3.59. The molecule has 0 aromatic heterocycles. The topological polar surface area (TPSA) is 133 Å². The first kappa shape index (κ1) is 19.5. The molecule has 136 valence electrons. The zero-order valence-electron chi connectivity index (χ0n) is 13.3. The highest BCUT2D eigenvalue weighted by Gasteiger charge is 2.19. The van der Waals surface area contributed by atoms with E-state index in [0.29, 0.717) is 5.56 Å². The molecule has 0 bridgehead atoms. The number of nitrogens with one attached hydrogen (secondary N) is 1. The maximum absolute atomic E-state index is 14.1. The number of rotatable bonds is 6. The van der Waals surface area contributed by atoms with E-state index < -0.39 is 36.7 Å². The smallest absolute Gasteiger partial charge is 0.480 e. The Bertz CT molecular complexity index is 847. The van der Waals surface area contributed by atoms with E-state index in [1.165, 1.54) is 12.1 Å². The highest BCUT2D eigenvalue weighted by molar-refractivity contribution is 6.58. The lowest BCUT2D eigenvalue weighted by Crippen LogP contribution is -2.32. The van der Waals surface area contributed by atoms with Crippen molar-refractivity contribution < 1.29 is 33.5 Å². The van der Waals surface area contributed by atoms with E-state index in [1.807, 2.05) is 0 Å². The maximum atomic E-state index is 14.1. The monoisotopic (exact) mass is 364 g/mol. The minimum absolute atomic E-state index is 0.00623. The van der Waals surface area contributed by atoms with Crippen LogP contribution < -0.4 is 16.5 Å². The molecule has 6 N–H and O–H groups in total. The van der Waals surface area contributed by atoms with Crippen molar-refractivity contribution >= 4 is 30.1 Å². The lowest BCUT2D eigenvalue weighted by Gasteiger charge is -2.10. The van der Waals surface area contributed by atoms with Gasteiger partial charge in [0.05, 0.1) is 5.56 Å². The number of hydrogen-bond acceptors (Lipinski definition) is 5. The van der Waals surface area contributed by atoms with Crippen LogP contribution in [0.3, 0.4) is 0 Å². The molecule has 0 unspecified atom stereocenters. The number of hydrogen-bond donors (Lipinski definition) is 5. The van der Waals surface area contributed by atoms with Gasteiger partial charge in [0.2, 0.25) is 0 Å². The summed E-state index contributed by atoms with van der Waals surface area (Å²) in [4.78, 5) is 22.8. The quantitative estimate of drug-likeness (QED) is 0.453. The van der Waals surface area contributed by atoms with Gasteiger partial charge < -0.3 is 26.2 Å². The van der Waals surface area contributed by atoms with Gasteiger partial charge in [-0.2, -0.15) is 0 Å². The van der Waals surface area contributed by atoms with Crippen LogP contribution in [0.4, 0.5) is 14.5 Å². The summed E-state index contributed by atoms with van der Waals surface area (Å²) in [6, 6.07) is 5.51. The molecule has 0 saturated carbocycles. The Labute approximate surface area is 147 Å². The Hall–Kier alpha value is -2.82. The molecule has 7 nitrogen and oxygen atoms in total. The zero-order chi connectivity index (χ0) is 19.4. The van der Waals surface area contributed by atoms with Crippen LogP contribution in [0, 0.1) is 11.6 Å². The fourth-order valence-corrected chi connectivity index (χ4v) is 2.22. The van der Waals surface area contributed by atoms with Crippen molar-refractivity contribution in [1.29, 1.82) is 0 Å². The lowest BCUT2D eigenvalue weighted by molar-refractivity contribution is -0.138. The van der Waals surface area contributed by atoms with Crippen LogP contribution in [-0.2, 0) is 11.2 Å². The molecule has 0 aliphatic carbocycles. The number of benzene rings is 2. The number of carbonyl (C=O) groups excluding carboxylic acids is 1. The van der Waals surface area contributed by atoms with Crippen molar-refractivity contribution in [3.8, 4) is 0 Å². The highest BCUT2D eigenvalue weighted by atomic mass is 19.1. The summed E-state index contributed by atoms with van der Waals surface area (Å²) in [7, 11) is -2.00. The van der Waals surface area contributed by atoms with Gasteiger partial charge in [-0.3, -0.25) is 9.59 Å². The second-order valence-corrected chi connectivity index (χ2v) is 5.53. The molecule has 1 amide bonds. The molecule has 2 aromatic carbocycles. The Morgan fingerprint density at radius 2 is 1.81 bits per heavy atom. The van der Waals surface area contributed by atoms with Crippen molar-refractivity contribution in [2.75, 3.05) is 5.32 Å². The van der Waals surface area contributed by atoms with Gasteiger partial charge >= 0.3 is 13.1 Å². The second-order valence-electron chi connectivity index (χ2n) is 5.53. The van der Waals surface area contributed by atoms with E-state index in [-0.39, 0.29) is 23.1 Å². The first-order valence-electron chi connectivity index (χ1n) is 7.42. The predicted molar refractivity (Wildman–Crippen MR) is 89.9 cm³/mol. The third kappa shape index (κ3) is 4.63. The molecule has 0 heterocycles. The van der Waals surface area contributed by atoms with Crippen LogP contribution in [0.2, 0.25) is 0 Å². The molecule has 26 heavy (non-hydrogen) atoms. The summed E-state index contributed by atoms with van der Waals surface area (Å²) in [5.41, 5.74) is 4.98. The van der Waals surface area contributed by atoms with E-state index >= 15 is 0 Å². The molecule has 0 radical (unpaired) electrons. The Morgan fingerprint density at radius 1 is 1.12 bits per heavy atom. The predicted octanol–water partition coefficient (Wildman–Crippen LogP) is -0.149. The molecule has 10 heteroatoms. The minimum Gasteiger partial charge on any atom is -0.480 e. The molecule has 0 spiro atoms. The molecule has 1 atom stereocenters. The number of nitrogens with two attached hydrogens (primary N) is 1. The van der Waals surface area contributed by atoms with Crippen LogP contribution >= 0.6 is 0 Å². The van der Waals surface area contributed by atoms with Gasteiger partial charge in [0.1, 0.15) is 17.7 Å². The normalized spacial score (nSPS) is 11.7. The molecular weight excluding hydrogens is 349 g/mol. The van der Waals surface area contributed by atoms with Crippen LogP contribution in [0.15, 0.2) is 36.4 Å². The number of carboxylic acid groups (broad SMARTS) is 1. The van der Waals surface area contributed by atoms with Gasteiger partial charge in [-0.25, -0.2) is 8.78 Å². The summed E-state index contributed by atoms with van der Waals surface area (Å²) in [6.07, 6.45) is -0.107. The van der Waals surface area contributed by atoms with E-state index in [9.17, 15) is 18.4 Å². The summed E-state index contributed by atoms with van der Waals surface area (Å²) >= 11 is 0. The van der Waals surface area contributed by atoms with Gasteiger partial charge in [0.15, 0.2) is 0 Å². The van der Waals surface area contributed by atoms with E-state index in [2.05, 4.69) is 5.32 Å². The second kappa shape index (κ2) is 8.04. The number of aliphatic carboxylic acids is 1. The number of amides is 1. The van der Waals surface area contributed by atoms with Crippen molar-refractivity contribution in [3.05, 3.63) is 59.2 Å². The molecular formula is C16H15BF2N2O5. The van der Waals surface area contributed by atoms with Crippen molar-refractivity contribution in [2.24, 2.45) is 5.73 Å². The van der Waals surface area contributed by atoms with Crippen LogP contribution in [0.1, 0.15) is 15.9 Å². The maximum Gasteiger partial charge on any atom is 0.491 e. The number of carbonyl (C=O) groups is 2. The summed E-state index contributed by atoms with van der Waals surface area (Å²) < 4.78 is 27.8. The minimum atomic E-state index is -2.00. The van der Waals surface area contributed by atoms with Gasteiger partial charge in [0, 0.05) is 11.2 Å². The van der Waals surface area contributed by atoms with Gasteiger partial charge in [0.25, 0.3) is 5.91 Å². The largest absolute Gasteiger partial charge is 0.491 e. The molecule has 0 saturated heterocycles. The summed E-state index contributed by atoms with van der Waals surface area (Å²) in [6.45, 7) is 0. The van der Waals surface area contributed by atoms with E-state index in [0.717, 1.165) is 24.3 Å². The SMILES string of the molecule is N[C@@H](Cc1ccc(C(=O)Nc2ccc(B(O)O)c(F)c2)c(F)c1)C(=O)O. The summed E-state index contributed by atoms with van der Waals surface area (Å²) in [5.74, 6) is -3.92. The first-order valence-corrected chi connectivity index (χ1v) is 7.42. The Balaban J connectivity index is 2.15. The standard InChI is InChI=1S/C16H15BF2N2O5/c18-12-5-8(6-14(20)16(23)24)1-3-10(12)15(22)21-9-2-4-11(17(25)26)13(19)7-9/h1-5,7,14,25-26H,6,20H2,(H,21,22)(H,23,24)/t14-/m0/s1. The van der Waals surface area contributed by atoms with Crippen LogP contribution in [0.5, 0.6) is 0 Å². The third-order valence-electron chi connectivity index (χ3n) is 3.59. The van der Waals surface area contributed by atoms with Crippen molar-refractivity contribution in [3.63, 3.8) is 0 Å². The van der Waals surface area contributed by atoms with Crippen LogP contribution in [0.25, 0.3) is 0 Å². The average Bonchev–Trinajstić information content (AvgIpc) is 2.54. The van der Waals surface area contributed by atoms with Gasteiger partial charge in [-0.15, -0.1) is 0 Å². The van der Waals surface area contributed by atoms with Crippen LogP contribution in [-0.4, -0.2) is 40.2 Å². The zero-order valence-corrected chi connectivity index (χ0v) is 13.3.